The van der Waals surface area contributed by atoms with Gasteiger partial charge in [0.15, 0.2) is 0 Å². The lowest BCUT2D eigenvalue weighted by Crippen LogP contribution is -2.41. The molecule has 2 aromatic heterocycles. The molecule has 2 rings (SSSR count). The molecule has 0 saturated heterocycles. The van der Waals surface area contributed by atoms with Crippen LogP contribution in [-0.2, 0) is 11.3 Å². The highest BCUT2D eigenvalue weighted by Crippen LogP contribution is 2.11. The second kappa shape index (κ2) is 6.46. The summed E-state index contributed by atoms with van der Waals surface area (Å²) >= 11 is 0. The highest BCUT2D eigenvalue weighted by molar-refractivity contribution is 5.83. The smallest absolute Gasteiger partial charge is 0.317 e. The number of nitrogens with one attached hydrogen (secondary N) is 2. The molecule has 0 saturated carbocycles. The Hall–Kier alpha value is -2.57. The number of imidazole rings is 1. The van der Waals surface area contributed by atoms with Crippen LogP contribution in [-0.4, -0.2) is 46.9 Å². The number of hydrogen-bond donors (Lipinski definition) is 2. The summed E-state index contributed by atoms with van der Waals surface area (Å²) in [6.07, 6.45) is 1.91. The van der Waals surface area contributed by atoms with Crippen molar-refractivity contribution >= 4 is 17.6 Å². The zero-order valence-electron chi connectivity index (χ0n) is 13.3. The molecule has 0 radical (unpaired) electrons. The van der Waals surface area contributed by atoms with Crippen LogP contribution in [0.5, 0.6) is 0 Å². The number of fused-ring (bicyclic) bond motifs is 1. The van der Waals surface area contributed by atoms with E-state index in [1.807, 2.05) is 30.5 Å². The van der Waals surface area contributed by atoms with Crippen LogP contribution in [0.1, 0.15) is 17.0 Å². The first-order valence-corrected chi connectivity index (χ1v) is 7.04. The van der Waals surface area contributed by atoms with Gasteiger partial charge < -0.3 is 19.9 Å². The Labute approximate surface area is 129 Å². The summed E-state index contributed by atoms with van der Waals surface area (Å²) in [7, 11) is 3.24. The molecular formula is C15H21N5O2. The lowest BCUT2D eigenvalue weighted by molar-refractivity contribution is -0.120. The van der Waals surface area contributed by atoms with Gasteiger partial charge in [-0.2, -0.15) is 0 Å². The third-order valence-corrected chi connectivity index (χ3v) is 3.23. The molecule has 7 heteroatoms. The molecule has 0 aromatic carbocycles. The minimum Gasteiger partial charge on any atom is -0.349 e. The number of carbonyl (C=O) groups excluding carboxylic acids is 2. The van der Waals surface area contributed by atoms with Crippen LogP contribution in [0.3, 0.4) is 0 Å². The van der Waals surface area contributed by atoms with Gasteiger partial charge in [0.25, 0.3) is 0 Å². The van der Waals surface area contributed by atoms with Gasteiger partial charge in [0.2, 0.25) is 5.91 Å². The summed E-state index contributed by atoms with van der Waals surface area (Å²) < 4.78 is 1.99. The summed E-state index contributed by atoms with van der Waals surface area (Å²) in [6.45, 7) is 4.32. The fraction of sp³-hybridized carbons (Fsp3) is 0.400. The first-order valence-electron chi connectivity index (χ1n) is 7.04. The Balaban J connectivity index is 1.93. The summed E-state index contributed by atoms with van der Waals surface area (Å²) in [5.41, 5.74) is 3.89. The summed E-state index contributed by atoms with van der Waals surface area (Å²) in [5.74, 6) is -0.250. The van der Waals surface area contributed by atoms with Crippen LogP contribution in [0.25, 0.3) is 5.65 Å². The number of aromatic nitrogens is 2. The Bertz CT molecular complexity index is 705. The Kier molecular flexibility index (Phi) is 4.65. The molecule has 22 heavy (non-hydrogen) atoms. The van der Waals surface area contributed by atoms with Crippen LogP contribution in [0.2, 0.25) is 0 Å². The van der Waals surface area contributed by atoms with Crippen molar-refractivity contribution in [1.29, 1.82) is 0 Å². The molecule has 0 spiro atoms. The van der Waals surface area contributed by atoms with E-state index in [2.05, 4.69) is 21.7 Å². The van der Waals surface area contributed by atoms with Gasteiger partial charge in [0.1, 0.15) is 5.65 Å². The van der Waals surface area contributed by atoms with Gasteiger partial charge in [-0.3, -0.25) is 4.79 Å². The normalized spacial score (nSPS) is 10.5. The fourth-order valence-corrected chi connectivity index (χ4v) is 2.12. The Morgan fingerprint density at radius 1 is 1.23 bits per heavy atom. The first-order chi connectivity index (χ1) is 10.4. The molecule has 0 aliphatic carbocycles. The van der Waals surface area contributed by atoms with Gasteiger partial charge in [-0.1, -0.05) is 0 Å². The highest BCUT2D eigenvalue weighted by atomic mass is 16.2. The largest absolute Gasteiger partial charge is 0.349 e. The van der Waals surface area contributed by atoms with Gasteiger partial charge >= 0.3 is 6.03 Å². The fourth-order valence-electron chi connectivity index (χ4n) is 2.12. The van der Waals surface area contributed by atoms with Crippen LogP contribution in [0.15, 0.2) is 18.3 Å². The molecule has 2 aromatic rings. The molecule has 0 bridgehead atoms. The zero-order chi connectivity index (χ0) is 16.3. The van der Waals surface area contributed by atoms with Crippen LogP contribution in [0, 0.1) is 13.8 Å². The number of pyridine rings is 1. The van der Waals surface area contributed by atoms with Crippen molar-refractivity contribution in [2.75, 3.05) is 20.6 Å². The Morgan fingerprint density at radius 3 is 2.64 bits per heavy atom. The van der Waals surface area contributed by atoms with Crippen molar-refractivity contribution < 1.29 is 9.59 Å². The van der Waals surface area contributed by atoms with E-state index >= 15 is 0 Å². The van der Waals surface area contributed by atoms with E-state index in [4.69, 9.17) is 0 Å². The monoisotopic (exact) mass is 303 g/mol. The van der Waals surface area contributed by atoms with E-state index in [9.17, 15) is 9.59 Å². The third-order valence-electron chi connectivity index (χ3n) is 3.23. The molecular weight excluding hydrogens is 282 g/mol. The van der Waals surface area contributed by atoms with Crippen molar-refractivity contribution in [3.63, 3.8) is 0 Å². The van der Waals surface area contributed by atoms with Crippen molar-refractivity contribution in [1.82, 2.24) is 24.9 Å². The number of carbonyl (C=O) groups is 2. The molecule has 0 aliphatic heterocycles. The van der Waals surface area contributed by atoms with E-state index in [1.54, 1.807) is 14.1 Å². The summed E-state index contributed by atoms with van der Waals surface area (Å²) in [5, 5.41) is 5.25. The first kappa shape index (κ1) is 15.8. The molecule has 0 fully saturated rings. The molecule has 3 amide bonds. The second-order valence-electron chi connectivity index (χ2n) is 5.46. The number of nitrogens with zero attached hydrogens (tertiary/aromatic N) is 3. The van der Waals surface area contributed by atoms with Gasteiger partial charge in [-0.25, -0.2) is 9.78 Å². The summed E-state index contributed by atoms with van der Waals surface area (Å²) in [4.78, 5) is 28.9. The molecule has 118 valence electrons. The van der Waals surface area contributed by atoms with Crippen LogP contribution in [0.4, 0.5) is 4.79 Å². The molecule has 7 nitrogen and oxygen atoms in total. The van der Waals surface area contributed by atoms with Crippen molar-refractivity contribution in [2.24, 2.45) is 0 Å². The SMILES string of the molecule is Cc1cc(C)n2cc(CNC(=O)CNC(=O)N(C)C)nc2c1. The predicted molar refractivity (Wildman–Crippen MR) is 83.6 cm³/mol. The standard InChI is InChI=1S/C15H21N5O2/c1-10-5-11(2)20-9-12(18-13(20)6-10)7-16-14(21)8-17-15(22)19(3)4/h5-6,9H,7-8H2,1-4H3,(H,16,21)(H,17,22). The Morgan fingerprint density at radius 2 is 1.95 bits per heavy atom. The maximum Gasteiger partial charge on any atom is 0.317 e. The number of hydrogen-bond acceptors (Lipinski definition) is 3. The molecule has 0 unspecified atom stereocenters. The number of aryl methyl sites for hydroxylation is 2. The lowest BCUT2D eigenvalue weighted by atomic mass is 10.2. The van der Waals surface area contributed by atoms with Crippen molar-refractivity contribution in [3.8, 4) is 0 Å². The van der Waals surface area contributed by atoms with Crippen LogP contribution < -0.4 is 10.6 Å². The predicted octanol–water partition coefficient (Wildman–Crippen LogP) is 0.839. The highest BCUT2D eigenvalue weighted by Gasteiger charge is 2.08. The van der Waals surface area contributed by atoms with E-state index in [0.717, 1.165) is 22.6 Å². The lowest BCUT2D eigenvalue weighted by Gasteiger charge is -2.11. The maximum atomic E-state index is 11.7. The quantitative estimate of drug-likeness (QED) is 0.878. The zero-order valence-corrected chi connectivity index (χ0v) is 13.3. The topological polar surface area (TPSA) is 78.7 Å². The third kappa shape index (κ3) is 3.75. The summed E-state index contributed by atoms with van der Waals surface area (Å²) in [6, 6.07) is 3.78. The number of rotatable bonds is 4. The molecule has 0 atom stereocenters. The van der Waals surface area contributed by atoms with Crippen molar-refractivity contribution in [3.05, 3.63) is 35.3 Å². The van der Waals surface area contributed by atoms with Gasteiger partial charge in [-0.15, -0.1) is 0 Å². The van der Waals surface area contributed by atoms with Crippen LogP contribution >= 0.6 is 0 Å². The van der Waals surface area contributed by atoms with E-state index in [1.165, 1.54) is 4.90 Å². The van der Waals surface area contributed by atoms with Crippen molar-refractivity contribution in [2.45, 2.75) is 20.4 Å². The average molecular weight is 303 g/mol. The van der Waals surface area contributed by atoms with Gasteiger partial charge in [0, 0.05) is 26.0 Å². The van der Waals surface area contributed by atoms with Gasteiger partial charge in [0.05, 0.1) is 18.8 Å². The minimum absolute atomic E-state index is 0.0531. The van der Waals surface area contributed by atoms with E-state index in [0.29, 0.717) is 6.54 Å². The number of amides is 3. The van der Waals surface area contributed by atoms with E-state index < -0.39 is 0 Å². The molecule has 0 aliphatic rings. The maximum absolute atomic E-state index is 11.7. The molecule has 2 heterocycles. The second-order valence-corrected chi connectivity index (χ2v) is 5.46. The average Bonchev–Trinajstić information content (AvgIpc) is 2.85. The number of urea groups is 1. The minimum atomic E-state index is -0.297. The van der Waals surface area contributed by atoms with E-state index in [-0.39, 0.29) is 18.5 Å². The van der Waals surface area contributed by atoms with Gasteiger partial charge in [-0.05, 0) is 31.5 Å². The molecule has 2 N–H and O–H groups in total.